The minimum Gasteiger partial charge on any atom is -0.383 e. The standard InChI is InChI=1S/C7H11N3S/c1-4-2-5(4)9-7-3-6(8)10-11-7/h3-5,9H,2H2,1H3,(H2,8,10). The van der Waals surface area contributed by atoms with E-state index >= 15 is 0 Å². The Kier molecular flexibility index (Phi) is 1.49. The molecule has 0 radical (unpaired) electrons. The van der Waals surface area contributed by atoms with Crippen LogP contribution in [0.3, 0.4) is 0 Å². The normalized spacial score (nSPS) is 28.5. The van der Waals surface area contributed by atoms with E-state index in [1.807, 2.05) is 6.07 Å². The van der Waals surface area contributed by atoms with E-state index in [1.165, 1.54) is 18.0 Å². The second-order valence-electron chi connectivity index (χ2n) is 3.08. The molecule has 60 valence electrons. The van der Waals surface area contributed by atoms with Crippen molar-refractivity contribution in [2.24, 2.45) is 5.92 Å². The molecule has 3 nitrogen and oxygen atoms in total. The van der Waals surface area contributed by atoms with E-state index in [0.29, 0.717) is 11.9 Å². The minimum absolute atomic E-state index is 0.616. The van der Waals surface area contributed by atoms with Crippen LogP contribution < -0.4 is 11.1 Å². The first-order chi connectivity index (χ1) is 5.25. The molecule has 2 unspecified atom stereocenters. The third-order valence-electron chi connectivity index (χ3n) is 1.97. The molecule has 0 bridgehead atoms. The number of nitrogen functional groups attached to an aromatic ring is 1. The highest BCUT2D eigenvalue weighted by molar-refractivity contribution is 7.10. The van der Waals surface area contributed by atoms with E-state index in [4.69, 9.17) is 5.73 Å². The van der Waals surface area contributed by atoms with Crippen LogP contribution in [0.1, 0.15) is 13.3 Å². The van der Waals surface area contributed by atoms with Crippen LogP contribution >= 0.6 is 11.5 Å². The molecular weight excluding hydrogens is 158 g/mol. The zero-order chi connectivity index (χ0) is 7.84. The van der Waals surface area contributed by atoms with Crippen molar-refractivity contribution < 1.29 is 0 Å². The first-order valence-corrected chi connectivity index (χ1v) is 4.52. The molecule has 3 N–H and O–H groups in total. The number of hydrogen-bond acceptors (Lipinski definition) is 4. The monoisotopic (exact) mass is 169 g/mol. The number of anilines is 2. The maximum absolute atomic E-state index is 5.47. The van der Waals surface area contributed by atoms with Crippen LogP contribution in [0.4, 0.5) is 10.8 Å². The zero-order valence-corrected chi connectivity index (χ0v) is 7.19. The fraction of sp³-hybridized carbons (Fsp3) is 0.571. The molecule has 2 rings (SSSR count). The largest absolute Gasteiger partial charge is 0.383 e. The van der Waals surface area contributed by atoms with Crippen LogP contribution in [0.15, 0.2) is 6.07 Å². The smallest absolute Gasteiger partial charge is 0.139 e. The molecule has 1 heterocycles. The zero-order valence-electron chi connectivity index (χ0n) is 6.37. The predicted octanol–water partition coefficient (Wildman–Crippen LogP) is 1.55. The first kappa shape index (κ1) is 6.91. The van der Waals surface area contributed by atoms with Crippen LogP contribution in [0, 0.1) is 5.92 Å². The van der Waals surface area contributed by atoms with Crippen LogP contribution in [0.5, 0.6) is 0 Å². The number of nitrogens with one attached hydrogen (secondary N) is 1. The van der Waals surface area contributed by atoms with Crippen LogP contribution in [0.25, 0.3) is 0 Å². The molecule has 0 aromatic carbocycles. The van der Waals surface area contributed by atoms with Gasteiger partial charge in [0.2, 0.25) is 0 Å². The Morgan fingerprint density at radius 1 is 1.82 bits per heavy atom. The van der Waals surface area contributed by atoms with E-state index in [0.717, 1.165) is 10.9 Å². The molecule has 0 amide bonds. The second-order valence-corrected chi connectivity index (χ2v) is 3.88. The minimum atomic E-state index is 0.616. The topological polar surface area (TPSA) is 50.9 Å². The molecule has 1 fully saturated rings. The SMILES string of the molecule is CC1CC1Nc1cc(N)ns1. The number of hydrogen-bond donors (Lipinski definition) is 2. The Bertz CT molecular complexity index is 258. The van der Waals surface area contributed by atoms with Gasteiger partial charge in [0.25, 0.3) is 0 Å². The first-order valence-electron chi connectivity index (χ1n) is 3.74. The van der Waals surface area contributed by atoms with Gasteiger partial charge < -0.3 is 11.1 Å². The molecule has 2 atom stereocenters. The summed E-state index contributed by atoms with van der Waals surface area (Å²) in [5.41, 5.74) is 5.47. The van der Waals surface area contributed by atoms with E-state index in [2.05, 4.69) is 16.6 Å². The maximum atomic E-state index is 5.47. The third kappa shape index (κ3) is 1.45. The molecule has 0 saturated heterocycles. The number of aromatic nitrogens is 1. The highest BCUT2D eigenvalue weighted by atomic mass is 32.1. The van der Waals surface area contributed by atoms with Gasteiger partial charge in [-0.25, -0.2) is 0 Å². The lowest BCUT2D eigenvalue weighted by Crippen LogP contribution is -2.00. The molecule has 0 aliphatic heterocycles. The molecule has 1 saturated carbocycles. The predicted molar refractivity (Wildman–Crippen MR) is 47.7 cm³/mol. The molecule has 1 aromatic heterocycles. The van der Waals surface area contributed by atoms with Gasteiger partial charge in [-0.2, -0.15) is 4.37 Å². The highest BCUT2D eigenvalue weighted by Gasteiger charge is 2.32. The summed E-state index contributed by atoms with van der Waals surface area (Å²) in [6.07, 6.45) is 1.28. The molecule has 0 spiro atoms. The molecular formula is C7H11N3S. The number of rotatable bonds is 2. The van der Waals surface area contributed by atoms with Crippen LogP contribution in [-0.2, 0) is 0 Å². The van der Waals surface area contributed by atoms with Gasteiger partial charge in [0, 0.05) is 12.1 Å². The number of nitrogens with zero attached hydrogens (tertiary/aromatic N) is 1. The van der Waals surface area contributed by atoms with Gasteiger partial charge in [0.05, 0.1) is 0 Å². The van der Waals surface area contributed by atoms with Crippen molar-refractivity contribution in [3.63, 3.8) is 0 Å². The molecule has 1 aromatic rings. The van der Waals surface area contributed by atoms with Crippen molar-refractivity contribution in [3.05, 3.63) is 6.07 Å². The van der Waals surface area contributed by atoms with Crippen molar-refractivity contribution in [2.45, 2.75) is 19.4 Å². The average Bonchev–Trinajstić information content (AvgIpc) is 2.42. The Morgan fingerprint density at radius 3 is 3.00 bits per heavy atom. The second kappa shape index (κ2) is 2.37. The van der Waals surface area contributed by atoms with E-state index in [-0.39, 0.29) is 0 Å². The van der Waals surface area contributed by atoms with Gasteiger partial charge in [-0.3, -0.25) is 0 Å². The Morgan fingerprint density at radius 2 is 2.55 bits per heavy atom. The van der Waals surface area contributed by atoms with Gasteiger partial charge in [0.1, 0.15) is 10.8 Å². The van der Waals surface area contributed by atoms with Gasteiger partial charge in [-0.15, -0.1) is 0 Å². The van der Waals surface area contributed by atoms with E-state index in [9.17, 15) is 0 Å². The quantitative estimate of drug-likeness (QED) is 0.706. The van der Waals surface area contributed by atoms with E-state index < -0.39 is 0 Å². The summed E-state index contributed by atoms with van der Waals surface area (Å²) in [5, 5.41) is 4.46. The summed E-state index contributed by atoms with van der Waals surface area (Å²) in [5.74, 6) is 1.43. The van der Waals surface area contributed by atoms with Crippen molar-refractivity contribution in [1.29, 1.82) is 0 Å². The Balaban J connectivity index is 1.96. The number of nitrogens with two attached hydrogens (primary N) is 1. The summed E-state index contributed by atoms with van der Waals surface area (Å²) in [7, 11) is 0. The van der Waals surface area contributed by atoms with Gasteiger partial charge in [0.15, 0.2) is 0 Å². The lowest BCUT2D eigenvalue weighted by atomic mass is 10.5. The molecule has 11 heavy (non-hydrogen) atoms. The fourth-order valence-corrected chi connectivity index (χ4v) is 1.70. The van der Waals surface area contributed by atoms with Crippen LogP contribution in [0.2, 0.25) is 0 Å². The van der Waals surface area contributed by atoms with Crippen molar-refractivity contribution >= 4 is 22.4 Å². The lowest BCUT2D eigenvalue weighted by molar-refractivity contribution is 0.932. The molecule has 1 aliphatic rings. The molecule has 4 heteroatoms. The van der Waals surface area contributed by atoms with Crippen molar-refractivity contribution in [2.75, 3.05) is 11.1 Å². The van der Waals surface area contributed by atoms with Gasteiger partial charge in [-0.1, -0.05) is 6.92 Å². The van der Waals surface area contributed by atoms with Crippen molar-refractivity contribution in [3.8, 4) is 0 Å². The fourth-order valence-electron chi connectivity index (χ4n) is 1.06. The summed E-state index contributed by atoms with van der Waals surface area (Å²) in [6.45, 7) is 2.24. The third-order valence-corrected chi connectivity index (χ3v) is 2.70. The van der Waals surface area contributed by atoms with Gasteiger partial charge in [-0.05, 0) is 23.9 Å². The maximum Gasteiger partial charge on any atom is 0.139 e. The summed E-state index contributed by atoms with van der Waals surface area (Å²) >= 11 is 1.43. The molecule has 1 aliphatic carbocycles. The lowest BCUT2D eigenvalue weighted by Gasteiger charge is -1.97. The highest BCUT2D eigenvalue weighted by Crippen LogP contribution is 2.34. The Hall–Kier alpha value is -0.770. The average molecular weight is 169 g/mol. The Labute approximate surface area is 69.8 Å². The van der Waals surface area contributed by atoms with E-state index in [1.54, 1.807) is 0 Å². The summed E-state index contributed by atoms with van der Waals surface area (Å²) in [6, 6.07) is 2.55. The van der Waals surface area contributed by atoms with Gasteiger partial charge >= 0.3 is 0 Å². The summed E-state index contributed by atoms with van der Waals surface area (Å²) < 4.78 is 3.98. The summed E-state index contributed by atoms with van der Waals surface area (Å²) in [4.78, 5) is 0. The van der Waals surface area contributed by atoms with Crippen molar-refractivity contribution in [1.82, 2.24) is 4.37 Å². The van der Waals surface area contributed by atoms with Crippen LogP contribution in [-0.4, -0.2) is 10.4 Å².